The molecule has 1 aromatic carbocycles. The number of nitrogens with zero attached hydrogens (tertiary/aromatic N) is 1. The molecular weight excluding hydrogens is 374 g/mol. The minimum Gasteiger partial charge on any atom is -0.348 e. The van der Waals surface area contributed by atoms with Crippen LogP contribution in [0.4, 0.5) is 4.79 Å². The van der Waals surface area contributed by atoms with E-state index in [4.69, 9.17) is 0 Å². The Morgan fingerprint density at radius 1 is 1.25 bits per heavy atom. The van der Waals surface area contributed by atoms with Crippen molar-refractivity contribution in [3.63, 3.8) is 0 Å². The molecule has 1 fully saturated rings. The summed E-state index contributed by atoms with van der Waals surface area (Å²) in [5, 5.41) is 5.45. The molecule has 2 unspecified atom stereocenters. The smallest absolute Gasteiger partial charge is 0.325 e. The predicted octanol–water partition coefficient (Wildman–Crippen LogP) is 2.59. The molecule has 0 spiro atoms. The fourth-order valence-electron chi connectivity index (χ4n) is 2.62. The number of nitrogens with one attached hydrogen (secondary N) is 2. The Hall–Kier alpha value is -1.89. The standard InChI is InChI=1S/C17H22BrN3O3/c1-10(2)8-14-16(23)21(17(24)20-14)9-15(22)19-11(3)12-4-6-13(18)7-5-12/h4-7,10-11,14H,8-9H2,1-3H3,(H,19,22)(H,20,24). The zero-order valence-corrected chi connectivity index (χ0v) is 15.6. The van der Waals surface area contributed by atoms with Gasteiger partial charge in [0.25, 0.3) is 5.91 Å². The summed E-state index contributed by atoms with van der Waals surface area (Å²) in [6.45, 7) is 5.55. The number of carbonyl (C=O) groups excluding carboxylic acids is 3. The van der Waals surface area contributed by atoms with Crippen molar-refractivity contribution in [3.05, 3.63) is 34.3 Å². The Labute approximate surface area is 150 Å². The van der Waals surface area contributed by atoms with Gasteiger partial charge >= 0.3 is 6.03 Å². The van der Waals surface area contributed by atoms with E-state index >= 15 is 0 Å². The van der Waals surface area contributed by atoms with Crippen LogP contribution in [-0.4, -0.2) is 35.3 Å². The second-order valence-corrected chi connectivity index (χ2v) is 7.31. The van der Waals surface area contributed by atoms with Crippen molar-refractivity contribution in [1.29, 1.82) is 0 Å². The quantitative estimate of drug-likeness (QED) is 0.726. The monoisotopic (exact) mass is 395 g/mol. The largest absolute Gasteiger partial charge is 0.348 e. The fraction of sp³-hybridized carbons (Fsp3) is 0.471. The number of benzene rings is 1. The molecule has 4 amide bonds. The number of hydrogen-bond donors (Lipinski definition) is 2. The highest BCUT2D eigenvalue weighted by Gasteiger charge is 2.39. The van der Waals surface area contributed by atoms with Crippen LogP contribution in [0.3, 0.4) is 0 Å². The number of carbonyl (C=O) groups is 3. The molecule has 0 radical (unpaired) electrons. The molecule has 1 aliphatic rings. The maximum Gasteiger partial charge on any atom is 0.325 e. The molecule has 0 bridgehead atoms. The fourth-order valence-corrected chi connectivity index (χ4v) is 2.89. The molecule has 6 nitrogen and oxygen atoms in total. The summed E-state index contributed by atoms with van der Waals surface area (Å²) in [5.74, 6) is -0.412. The zero-order chi connectivity index (χ0) is 17.9. The molecule has 0 saturated carbocycles. The summed E-state index contributed by atoms with van der Waals surface area (Å²) in [5.41, 5.74) is 0.946. The van der Waals surface area contributed by atoms with Crippen LogP contribution in [0.15, 0.2) is 28.7 Å². The van der Waals surface area contributed by atoms with Gasteiger partial charge in [0.1, 0.15) is 12.6 Å². The second kappa shape index (κ2) is 7.79. The minimum absolute atomic E-state index is 0.210. The van der Waals surface area contributed by atoms with Crippen molar-refractivity contribution >= 4 is 33.8 Å². The van der Waals surface area contributed by atoms with E-state index in [0.717, 1.165) is 14.9 Å². The Bertz CT molecular complexity index is 630. The molecule has 0 aromatic heterocycles. The second-order valence-electron chi connectivity index (χ2n) is 6.40. The third kappa shape index (κ3) is 4.56. The van der Waals surface area contributed by atoms with Crippen LogP contribution in [0.2, 0.25) is 0 Å². The van der Waals surface area contributed by atoms with E-state index in [9.17, 15) is 14.4 Å². The Morgan fingerprint density at radius 3 is 2.46 bits per heavy atom. The van der Waals surface area contributed by atoms with Gasteiger partial charge < -0.3 is 10.6 Å². The molecular formula is C17H22BrN3O3. The number of urea groups is 1. The van der Waals surface area contributed by atoms with Gasteiger partial charge in [-0.3, -0.25) is 14.5 Å². The van der Waals surface area contributed by atoms with Crippen LogP contribution in [0.5, 0.6) is 0 Å². The van der Waals surface area contributed by atoms with Crippen molar-refractivity contribution in [1.82, 2.24) is 15.5 Å². The van der Waals surface area contributed by atoms with E-state index in [1.807, 2.05) is 45.0 Å². The molecule has 1 aliphatic heterocycles. The summed E-state index contributed by atoms with van der Waals surface area (Å²) in [6, 6.07) is 6.35. The molecule has 2 N–H and O–H groups in total. The zero-order valence-electron chi connectivity index (χ0n) is 14.0. The highest BCUT2D eigenvalue weighted by Crippen LogP contribution is 2.17. The van der Waals surface area contributed by atoms with Gasteiger partial charge in [-0.05, 0) is 37.0 Å². The molecule has 1 aromatic rings. The van der Waals surface area contributed by atoms with Crippen molar-refractivity contribution < 1.29 is 14.4 Å². The summed E-state index contributed by atoms with van der Waals surface area (Å²) in [7, 11) is 0. The lowest BCUT2D eigenvalue weighted by atomic mass is 10.0. The molecule has 7 heteroatoms. The molecule has 0 aliphatic carbocycles. The topological polar surface area (TPSA) is 78.5 Å². The number of halogens is 1. The lowest BCUT2D eigenvalue weighted by molar-refractivity contribution is -0.132. The van der Waals surface area contributed by atoms with Crippen LogP contribution in [0.25, 0.3) is 0 Å². The minimum atomic E-state index is -0.533. The normalized spacial score (nSPS) is 18.7. The number of hydrogen-bond acceptors (Lipinski definition) is 3. The van der Waals surface area contributed by atoms with Gasteiger partial charge in [-0.25, -0.2) is 4.79 Å². The van der Waals surface area contributed by atoms with Gasteiger partial charge in [0, 0.05) is 4.47 Å². The Morgan fingerprint density at radius 2 is 1.88 bits per heavy atom. The Balaban J connectivity index is 1.93. The molecule has 2 rings (SSSR count). The van der Waals surface area contributed by atoms with E-state index in [1.165, 1.54) is 0 Å². The Kier molecular flexibility index (Phi) is 5.99. The number of imide groups is 1. The van der Waals surface area contributed by atoms with Crippen LogP contribution < -0.4 is 10.6 Å². The average molecular weight is 396 g/mol. The first-order valence-corrected chi connectivity index (χ1v) is 8.74. The summed E-state index contributed by atoms with van der Waals surface area (Å²) < 4.78 is 0.959. The highest BCUT2D eigenvalue weighted by molar-refractivity contribution is 9.10. The van der Waals surface area contributed by atoms with Gasteiger partial charge in [-0.15, -0.1) is 0 Å². The van der Waals surface area contributed by atoms with Gasteiger partial charge in [-0.2, -0.15) is 0 Å². The number of amides is 4. The first-order chi connectivity index (χ1) is 11.3. The van der Waals surface area contributed by atoms with Crippen LogP contribution in [0.1, 0.15) is 38.8 Å². The van der Waals surface area contributed by atoms with E-state index < -0.39 is 12.1 Å². The first-order valence-electron chi connectivity index (χ1n) is 7.94. The van der Waals surface area contributed by atoms with Crippen LogP contribution in [0, 0.1) is 5.92 Å². The third-order valence-corrected chi connectivity index (χ3v) is 4.39. The molecule has 2 atom stereocenters. The van der Waals surface area contributed by atoms with Crippen molar-refractivity contribution in [2.75, 3.05) is 6.54 Å². The summed E-state index contributed by atoms with van der Waals surface area (Å²) in [6.07, 6.45) is 0.567. The first kappa shape index (κ1) is 18.4. The van der Waals surface area contributed by atoms with Crippen molar-refractivity contribution in [2.45, 2.75) is 39.3 Å². The predicted molar refractivity (Wildman–Crippen MR) is 94.2 cm³/mol. The third-order valence-electron chi connectivity index (χ3n) is 3.86. The van der Waals surface area contributed by atoms with Crippen molar-refractivity contribution in [3.8, 4) is 0 Å². The number of rotatable bonds is 6. The van der Waals surface area contributed by atoms with Gasteiger partial charge in [-0.1, -0.05) is 41.9 Å². The lowest BCUT2D eigenvalue weighted by Crippen LogP contribution is -2.41. The van der Waals surface area contributed by atoms with Gasteiger partial charge in [0.15, 0.2) is 0 Å². The van der Waals surface area contributed by atoms with E-state index in [0.29, 0.717) is 6.42 Å². The molecule has 24 heavy (non-hydrogen) atoms. The van der Waals surface area contributed by atoms with Crippen molar-refractivity contribution in [2.24, 2.45) is 5.92 Å². The maximum absolute atomic E-state index is 12.2. The SMILES string of the molecule is CC(C)CC1NC(=O)N(CC(=O)NC(C)c2ccc(Br)cc2)C1=O. The highest BCUT2D eigenvalue weighted by atomic mass is 79.9. The van der Waals surface area contributed by atoms with Crippen LogP contribution >= 0.6 is 15.9 Å². The summed E-state index contributed by atoms with van der Waals surface area (Å²) in [4.78, 5) is 37.3. The van der Waals surface area contributed by atoms with Gasteiger partial charge in [0.2, 0.25) is 5.91 Å². The van der Waals surface area contributed by atoms with Gasteiger partial charge in [0.05, 0.1) is 6.04 Å². The summed E-state index contributed by atoms with van der Waals surface area (Å²) >= 11 is 3.36. The van der Waals surface area contributed by atoms with E-state index in [2.05, 4.69) is 26.6 Å². The lowest BCUT2D eigenvalue weighted by Gasteiger charge is -2.17. The van der Waals surface area contributed by atoms with Crippen LogP contribution in [-0.2, 0) is 9.59 Å². The molecule has 1 heterocycles. The van der Waals surface area contributed by atoms with E-state index in [1.54, 1.807) is 0 Å². The maximum atomic E-state index is 12.2. The molecule has 1 saturated heterocycles. The van der Waals surface area contributed by atoms with E-state index in [-0.39, 0.29) is 30.3 Å². The molecule has 130 valence electrons. The average Bonchev–Trinajstić information content (AvgIpc) is 2.74.